The van der Waals surface area contributed by atoms with Gasteiger partial charge in [-0.05, 0) is 77.0 Å². The standard InChI is InChI=1S/C64H117O11P/c1-4-7-10-13-16-19-22-25-27-29-30-32-34-37-40-43-46-49-52-55-64(68)75-61(57-71-62(66)53-50-47-44-41-38-36-33-31-28-26-23-20-17-14-11-8-5-2)59-73-76(69,70)72-58-60(56-65)74-63(67)54-51-48-45-42-39-35-24-21-18-15-12-9-6-3/h12,15-16,19,21,24-25,27,60-61,65H,4-11,13-14,17-18,20,22-23,26,28-59H2,1-3H3,(H,69,70)/b15-12-,19-16-,24-21-,27-25-. The summed E-state index contributed by atoms with van der Waals surface area (Å²) in [6.45, 7) is 4.59. The molecule has 0 radical (unpaired) electrons. The average molecular weight is 1090 g/mol. The van der Waals surface area contributed by atoms with Gasteiger partial charge in [0, 0.05) is 19.3 Å². The molecule has 3 unspecified atom stereocenters. The topological polar surface area (TPSA) is 155 Å². The second-order valence-corrected chi connectivity index (χ2v) is 22.7. The molecule has 0 aliphatic carbocycles. The van der Waals surface area contributed by atoms with E-state index >= 15 is 0 Å². The number of phosphoric ester groups is 1. The number of ether oxygens (including phenoxy) is 3. The minimum Gasteiger partial charge on any atom is -0.462 e. The molecule has 0 aliphatic rings. The van der Waals surface area contributed by atoms with E-state index in [2.05, 4.69) is 69.4 Å². The molecule has 76 heavy (non-hydrogen) atoms. The van der Waals surface area contributed by atoms with Gasteiger partial charge in [-0.1, -0.05) is 256 Å². The van der Waals surface area contributed by atoms with Gasteiger partial charge in [-0.25, -0.2) is 4.57 Å². The van der Waals surface area contributed by atoms with Gasteiger partial charge in [-0.3, -0.25) is 23.4 Å². The zero-order chi connectivity index (χ0) is 55.5. The van der Waals surface area contributed by atoms with Gasteiger partial charge in [-0.15, -0.1) is 0 Å². The van der Waals surface area contributed by atoms with Crippen LogP contribution < -0.4 is 0 Å². The summed E-state index contributed by atoms with van der Waals surface area (Å²) in [5, 5.41) is 9.82. The fraction of sp³-hybridized carbons (Fsp3) is 0.828. The highest BCUT2D eigenvalue weighted by Gasteiger charge is 2.28. The van der Waals surface area contributed by atoms with E-state index in [1.54, 1.807) is 0 Å². The molecule has 0 fully saturated rings. The van der Waals surface area contributed by atoms with Crippen LogP contribution in [0.1, 0.15) is 303 Å². The quantitative estimate of drug-likeness (QED) is 0.0197. The Kier molecular flexibility index (Phi) is 56.6. The van der Waals surface area contributed by atoms with E-state index in [1.165, 1.54) is 148 Å². The molecule has 2 N–H and O–H groups in total. The van der Waals surface area contributed by atoms with Crippen LogP contribution in [0.2, 0.25) is 0 Å². The predicted octanol–water partition coefficient (Wildman–Crippen LogP) is 18.9. The van der Waals surface area contributed by atoms with Gasteiger partial charge in [0.1, 0.15) is 12.7 Å². The molecule has 0 saturated heterocycles. The van der Waals surface area contributed by atoms with Crippen LogP contribution in [0.3, 0.4) is 0 Å². The molecule has 3 atom stereocenters. The van der Waals surface area contributed by atoms with E-state index in [-0.39, 0.29) is 25.9 Å². The summed E-state index contributed by atoms with van der Waals surface area (Å²) in [6.07, 6.45) is 63.5. The number of aliphatic hydroxyl groups is 1. The smallest absolute Gasteiger partial charge is 0.462 e. The van der Waals surface area contributed by atoms with Crippen molar-refractivity contribution in [3.63, 3.8) is 0 Å². The number of aliphatic hydroxyl groups excluding tert-OH is 1. The van der Waals surface area contributed by atoms with Crippen LogP contribution >= 0.6 is 7.82 Å². The van der Waals surface area contributed by atoms with Gasteiger partial charge in [0.05, 0.1) is 19.8 Å². The van der Waals surface area contributed by atoms with Crippen LogP contribution in [0.25, 0.3) is 0 Å². The van der Waals surface area contributed by atoms with Crippen molar-refractivity contribution in [1.82, 2.24) is 0 Å². The Hall–Kier alpha value is -2.56. The summed E-state index contributed by atoms with van der Waals surface area (Å²) in [4.78, 5) is 48.7. The minimum atomic E-state index is -4.75. The monoisotopic (exact) mass is 1090 g/mol. The summed E-state index contributed by atoms with van der Waals surface area (Å²) in [6, 6.07) is 0. The van der Waals surface area contributed by atoms with Gasteiger partial charge in [0.25, 0.3) is 0 Å². The normalized spacial score (nSPS) is 13.6. The molecule has 0 rings (SSSR count). The van der Waals surface area contributed by atoms with Crippen LogP contribution in [-0.2, 0) is 42.2 Å². The first-order chi connectivity index (χ1) is 37.2. The van der Waals surface area contributed by atoms with E-state index in [9.17, 15) is 28.9 Å². The van der Waals surface area contributed by atoms with Crippen LogP contribution in [-0.4, -0.2) is 66.5 Å². The second kappa shape index (κ2) is 58.6. The van der Waals surface area contributed by atoms with E-state index in [1.807, 2.05) is 0 Å². The van der Waals surface area contributed by atoms with Gasteiger partial charge >= 0.3 is 25.7 Å². The molecule has 0 aromatic rings. The van der Waals surface area contributed by atoms with E-state index in [0.29, 0.717) is 19.3 Å². The third kappa shape index (κ3) is 56.2. The number of hydrogen-bond donors (Lipinski definition) is 2. The zero-order valence-corrected chi connectivity index (χ0v) is 50.1. The lowest BCUT2D eigenvalue weighted by molar-refractivity contribution is -0.161. The third-order valence-electron chi connectivity index (χ3n) is 13.7. The van der Waals surface area contributed by atoms with Crippen molar-refractivity contribution in [1.29, 1.82) is 0 Å². The number of hydrogen-bond acceptors (Lipinski definition) is 10. The average Bonchev–Trinajstić information content (AvgIpc) is 3.41. The van der Waals surface area contributed by atoms with Crippen molar-refractivity contribution in [2.45, 2.75) is 315 Å². The highest BCUT2D eigenvalue weighted by Crippen LogP contribution is 2.43. The van der Waals surface area contributed by atoms with Crippen molar-refractivity contribution in [2.75, 3.05) is 26.4 Å². The maximum atomic E-state index is 12.9. The Morgan fingerprint density at radius 3 is 1.05 bits per heavy atom. The first-order valence-corrected chi connectivity index (χ1v) is 33.0. The van der Waals surface area contributed by atoms with Gasteiger partial charge in [-0.2, -0.15) is 0 Å². The largest absolute Gasteiger partial charge is 0.472 e. The van der Waals surface area contributed by atoms with E-state index in [0.717, 1.165) is 96.3 Å². The van der Waals surface area contributed by atoms with Crippen molar-refractivity contribution in [2.24, 2.45) is 0 Å². The Labute approximate surface area is 466 Å². The van der Waals surface area contributed by atoms with E-state index < -0.39 is 57.8 Å². The number of phosphoric acid groups is 1. The molecule has 0 aliphatic heterocycles. The molecule has 0 heterocycles. The first-order valence-electron chi connectivity index (χ1n) is 31.5. The summed E-state index contributed by atoms with van der Waals surface area (Å²) in [5.74, 6) is -1.46. The highest BCUT2D eigenvalue weighted by molar-refractivity contribution is 7.47. The maximum absolute atomic E-state index is 12.9. The van der Waals surface area contributed by atoms with Gasteiger partial charge in [0.2, 0.25) is 0 Å². The molecular formula is C64H117O11P. The number of unbranched alkanes of at least 4 members (excludes halogenated alkanes) is 34. The van der Waals surface area contributed by atoms with Crippen LogP contribution in [0.15, 0.2) is 48.6 Å². The minimum absolute atomic E-state index is 0.162. The Morgan fingerprint density at radius 2 is 0.671 bits per heavy atom. The predicted molar refractivity (Wildman–Crippen MR) is 316 cm³/mol. The molecule has 0 saturated carbocycles. The fourth-order valence-corrected chi connectivity index (χ4v) is 9.68. The summed E-state index contributed by atoms with van der Waals surface area (Å²) in [7, 11) is -4.75. The molecular weight excluding hydrogens is 976 g/mol. The third-order valence-corrected chi connectivity index (χ3v) is 14.7. The number of allylic oxidation sites excluding steroid dienone is 8. The Balaban J connectivity index is 4.69. The molecule has 444 valence electrons. The van der Waals surface area contributed by atoms with Gasteiger partial charge in [0.15, 0.2) is 6.10 Å². The molecule has 11 nitrogen and oxygen atoms in total. The van der Waals surface area contributed by atoms with Crippen molar-refractivity contribution in [3.05, 3.63) is 48.6 Å². The van der Waals surface area contributed by atoms with Crippen LogP contribution in [0.4, 0.5) is 0 Å². The molecule has 12 heteroatoms. The molecule has 0 spiro atoms. The molecule has 0 aromatic heterocycles. The van der Waals surface area contributed by atoms with Crippen molar-refractivity contribution >= 4 is 25.7 Å². The molecule has 0 bridgehead atoms. The Morgan fingerprint density at radius 1 is 0.368 bits per heavy atom. The SMILES string of the molecule is CCC/C=C\C/C=C\CCCCCCCC(=O)OC(CO)COP(=O)(O)OCC(COC(=O)CCCCCCCCCCCCCCCCCCC)OC(=O)CCCCCCCCCCC/C=C\C/C=C\CCCCC. The summed E-state index contributed by atoms with van der Waals surface area (Å²) >= 11 is 0. The zero-order valence-electron chi connectivity index (χ0n) is 49.2. The highest BCUT2D eigenvalue weighted by atomic mass is 31.2. The lowest BCUT2D eigenvalue weighted by atomic mass is 10.0. The maximum Gasteiger partial charge on any atom is 0.472 e. The molecule has 0 aromatic carbocycles. The van der Waals surface area contributed by atoms with Crippen LogP contribution in [0.5, 0.6) is 0 Å². The fourth-order valence-electron chi connectivity index (χ4n) is 8.90. The molecule has 0 amide bonds. The number of carbonyl (C=O) groups excluding carboxylic acids is 3. The lowest BCUT2D eigenvalue weighted by Crippen LogP contribution is -2.30. The summed E-state index contributed by atoms with van der Waals surface area (Å²) in [5.41, 5.74) is 0. The summed E-state index contributed by atoms with van der Waals surface area (Å²) < 4.78 is 39.6. The second-order valence-electron chi connectivity index (χ2n) is 21.2. The van der Waals surface area contributed by atoms with Crippen LogP contribution in [0, 0.1) is 0 Å². The van der Waals surface area contributed by atoms with Crippen molar-refractivity contribution in [3.8, 4) is 0 Å². The van der Waals surface area contributed by atoms with Gasteiger partial charge < -0.3 is 24.2 Å². The number of carbonyl (C=O) groups is 3. The first kappa shape index (κ1) is 73.4. The number of rotatable bonds is 59. The van der Waals surface area contributed by atoms with Crippen molar-refractivity contribution < 1.29 is 52.2 Å². The Bertz CT molecular complexity index is 1460. The lowest BCUT2D eigenvalue weighted by Gasteiger charge is -2.21. The number of esters is 3. The van der Waals surface area contributed by atoms with E-state index in [4.69, 9.17) is 23.3 Å².